The van der Waals surface area contributed by atoms with E-state index in [9.17, 15) is 13.6 Å². The highest BCUT2D eigenvalue weighted by atomic mass is 19.1. The van der Waals surface area contributed by atoms with E-state index in [4.69, 9.17) is 0 Å². The molecule has 0 aliphatic rings. The maximum absolute atomic E-state index is 14.2. The van der Waals surface area contributed by atoms with Gasteiger partial charge in [-0.05, 0) is 37.1 Å². The molecule has 0 fully saturated rings. The Balaban J connectivity index is 2.43. The van der Waals surface area contributed by atoms with E-state index in [-0.39, 0.29) is 11.5 Å². The van der Waals surface area contributed by atoms with Crippen LogP contribution in [0.15, 0.2) is 30.3 Å². The maximum atomic E-state index is 14.2. The van der Waals surface area contributed by atoms with Gasteiger partial charge in [-0.3, -0.25) is 4.79 Å². The van der Waals surface area contributed by atoms with Crippen LogP contribution in [0.2, 0.25) is 0 Å². The van der Waals surface area contributed by atoms with Crippen LogP contribution in [0.5, 0.6) is 0 Å². The van der Waals surface area contributed by atoms with Crippen molar-refractivity contribution in [3.8, 4) is 11.1 Å². The summed E-state index contributed by atoms with van der Waals surface area (Å²) in [5.41, 5.74) is 2.67. The zero-order chi connectivity index (χ0) is 16.7. The van der Waals surface area contributed by atoms with Crippen LogP contribution in [0.3, 0.4) is 0 Å². The maximum Gasteiger partial charge on any atom is 0.151 e. The highest BCUT2D eigenvalue weighted by Gasteiger charge is 2.22. The molecule has 5 heteroatoms. The second-order valence-electron chi connectivity index (χ2n) is 5.80. The van der Waals surface area contributed by atoms with Crippen molar-refractivity contribution in [2.45, 2.75) is 26.7 Å². The van der Waals surface area contributed by atoms with Gasteiger partial charge in [0.1, 0.15) is 11.6 Å². The van der Waals surface area contributed by atoms with E-state index in [1.807, 2.05) is 13.8 Å². The Morgan fingerprint density at radius 3 is 2.30 bits per heavy atom. The molecule has 2 heterocycles. The van der Waals surface area contributed by atoms with Crippen LogP contribution in [-0.4, -0.2) is 15.9 Å². The largest absolute Gasteiger partial charge is 0.298 e. The molecule has 0 aliphatic heterocycles. The Bertz CT molecular complexity index is 893. The minimum absolute atomic E-state index is 0.0384. The van der Waals surface area contributed by atoms with E-state index in [1.54, 1.807) is 23.6 Å². The first-order valence-corrected chi connectivity index (χ1v) is 7.37. The lowest BCUT2D eigenvalue weighted by Gasteiger charge is -2.12. The molecule has 0 saturated carbocycles. The second-order valence-corrected chi connectivity index (χ2v) is 5.80. The van der Waals surface area contributed by atoms with Crippen molar-refractivity contribution in [3.63, 3.8) is 0 Å². The van der Waals surface area contributed by atoms with E-state index in [1.165, 1.54) is 18.2 Å². The van der Waals surface area contributed by atoms with Crippen LogP contribution in [-0.2, 0) is 0 Å². The second kappa shape index (κ2) is 5.57. The van der Waals surface area contributed by atoms with Gasteiger partial charge in [0.25, 0.3) is 0 Å². The highest BCUT2D eigenvalue weighted by Crippen LogP contribution is 2.34. The number of halogens is 2. The Hall–Kier alpha value is -2.56. The highest BCUT2D eigenvalue weighted by molar-refractivity contribution is 5.86. The molecule has 0 aliphatic carbocycles. The first-order chi connectivity index (χ1) is 11.0. The summed E-state index contributed by atoms with van der Waals surface area (Å²) < 4.78 is 30.0. The molecule has 0 atom stereocenters. The quantitative estimate of drug-likeness (QED) is 0.666. The first-order valence-electron chi connectivity index (χ1n) is 7.37. The van der Waals surface area contributed by atoms with E-state index in [2.05, 4.69) is 5.10 Å². The van der Waals surface area contributed by atoms with E-state index in [0.717, 1.165) is 12.0 Å². The molecule has 2 aromatic heterocycles. The lowest BCUT2D eigenvalue weighted by molar-refractivity contribution is 0.112. The minimum Gasteiger partial charge on any atom is -0.298 e. The standard InChI is InChI=1S/C18H16F2N2O/c1-10(2)18-12(9-23)7-8-15-16(11(3)21-22(15)18)17-13(19)5-4-6-14(17)20/h4-10H,1-3H3. The molecule has 0 bridgehead atoms. The molecule has 3 aromatic rings. The van der Waals surface area contributed by atoms with Gasteiger partial charge in [-0.15, -0.1) is 0 Å². The molecule has 0 saturated heterocycles. The van der Waals surface area contributed by atoms with Gasteiger partial charge in [0.05, 0.1) is 22.5 Å². The average Bonchev–Trinajstić information content (AvgIpc) is 2.82. The molecular weight excluding hydrogens is 298 g/mol. The number of hydrogen-bond acceptors (Lipinski definition) is 2. The third-order valence-corrected chi connectivity index (χ3v) is 3.93. The Morgan fingerprint density at radius 1 is 1.09 bits per heavy atom. The van der Waals surface area contributed by atoms with Gasteiger partial charge in [0.15, 0.2) is 6.29 Å². The molecule has 0 spiro atoms. The third-order valence-electron chi connectivity index (χ3n) is 3.93. The topological polar surface area (TPSA) is 34.4 Å². The summed E-state index contributed by atoms with van der Waals surface area (Å²) in [6.45, 7) is 5.60. The molecule has 0 unspecified atom stereocenters. The van der Waals surface area contributed by atoms with Crippen LogP contribution in [0.1, 0.15) is 41.5 Å². The summed E-state index contributed by atoms with van der Waals surface area (Å²) in [5, 5.41) is 4.43. The fourth-order valence-corrected chi connectivity index (χ4v) is 2.98. The molecule has 0 radical (unpaired) electrons. The van der Waals surface area contributed by atoms with Crippen molar-refractivity contribution in [3.05, 3.63) is 58.9 Å². The van der Waals surface area contributed by atoms with Gasteiger partial charge in [0, 0.05) is 11.1 Å². The van der Waals surface area contributed by atoms with Gasteiger partial charge in [0.2, 0.25) is 0 Å². The molecule has 3 rings (SSSR count). The van der Waals surface area contributed by atoms with Gasteiger partial charge in [-0.2, -0.15) is 5.10 Å². The lowest BCUT2D eigenvalue weighted by atomic mass is 10.0. The summed E-state index contributed by atoms with van der Waals surface area (Å²) >= 11 is 0. The number of carbonyl (C=O) groups excluding carboxylic acids is 1. The van der Waals surface area contributed by atoms with Crippen molar-refractivity contribution >= 4 is 11.8 Å². The number of pyridine rings is 1. The van der Waals surface area contributed by atoms with E-state index in [0.29, 0.717) is 22.3 Å². The fraction of sp³-hybridized carbons (Fsp3) is 0.222. The van der Waals surface area contributed by atoms with Crippen molar-refractivity contribution in [2.24, 2.45) is 0 Å². The Kier molecular flexibility index (Phi) is 3.72. The molecule has 0 N–H and O–H groups in total. The van der Waals surface area contributed by atoms with Gasteiger partial charge >= 0.3 is 0 Å². The van der Waals surface area contributed by atoms with Crippen LogP contribution >= 0.6 is 0 Å². The predicted octanol–water partition coefficient (Wildman–Crippen LogP) is 4.52. The minimum atomic E-state index is -0.631. The Labute approximate surface area is 132 Å². The van der Waals surface area contributed by atoms with Crippen LogP contribution in [0, 0.1) is 18.6 Å². The predicted molar refractivity (Wildman–Crippen MR) is 84.8 cm³/mol. The summed E-state index contributed by atoms with van der Waals surface area (Å²) in [5.74, 6) is -1.22. The van der Waals surface area contributed by atoms with Crippen LogP contribution in [0.25, 0.3) is 16.6 Å². The van der Waals surface area contributed by atoms with Crippen LogP contribution in [0.4, 0.5) is 8.78 Å². The van der Waals surface area contributed by atoms with E-state index < -0.39 is 11.6 Å². The van der Waals surface area contributed by atoms with Crippen molar-refractivity contribution in [2.75, 3.05) is 0 Å². The number of aromatic nitrogens is 2. The number of aryl methyl sites for hydroxylation is 1. The number of rotatable bonds is 3. The molecule has 118 valence electrons. The molecule has 3 nitrogen and oxygen atoms in total. The number of carbonyl (C=O) groups is 1. The zero-order valence-electron chi connectivity index (χ0n) is 13.1. The normalized spacial score (nSPS) is 11.4. The van der Waals surface area contributed by atoms with E-state index >= 15 is 0 Å². The molecule has 23 heavy (non-hydrogen) atoms. The molecule has 1 aromatic carbocycles. The van der Waals surface area contributed by atoms with Crippen molar-refractivity contribution in [1.82, 2.24) is 9.61 Å². The molecular formula is C18H16F2N2O. The number of aldehydes is 1. The van der Waals surface area contributed by atoms with Crippen molar-refractivity contribution in [1.29, 1.82) is 0 Å². The van der Waals surface area contributed by atoms with Gasteiger partial charge < -0.3 is 0 Å². The smallest absolute Gasteiger partial charge is 0.151 e. The number of fused-ring (bicyclic) bond motifs is 1. The Morgan fingerprint density at radius 2 is 1.74 bits per heavy atom. The molecule has 0 amide bonds. The summed E-state index contributed by atoms with van der Waals surface area (Å²) in [7, 11) is 0. The summed E-state index contributed by atoms with van der Waals surface area (Å²) in [4.78, 5) is 11.3. The summed E-state index contributed by atoms with van der Waals surface area (Å²) in [6, 6.07) is 7.13. The lowest BCUT2D eigenvalue weighted by Crippen LogP contribution is -2.05. The van der Waals surface area contributed by atoms with Crippen molar-refractivity contribution < 1.29 is 13.6 Å². The number of benzene rings is 1. The third kappa shape index (κ3) is 2.32. The first kappa shape index (κ1) is 15.3. The van der Waals surface area contributed by atoms with Gasteiger partial charge in [-0.1, -0.05) is 19.9 Å². The SMILES string of the molecule is Cc1nn2c(C(C)C)c(C=O)ccc2c1-c1c(F)cccc1F. The fourth-order valence-electron chi connectivity index (χ4n) is 2.98. The zero-order valence-corrected chi connectivity index (χ0v) is 13.1. The monoisotopic (exact) mass is 314 g/mol. The summed E-state index contributed by atoms with van der Waals surface area (Å²) in [6.07, 6.45) is 0.773. The number of nitrogens with zero attached hydrogens (tertiary/aromatic N) is 2. The average molecular weight is 314 g/mol. The van der Waals surface area contributed by atoms with Gasteiger partial charge in [-0.25, -0.2) is 13.3 Å². The van der Waals surface area contributed by atoms with Crippen LogP contribution < -0.4 is 0 Å². The number of hydrogen-bond donors (Lipinski definition) is 0.